The molecule has 2 fully saturated rings. The number of amides is 4. The fourth-order valence-corrected chi connectivity index (χ4v) is 6.94. The number of urea groups is 1. The topological polar surface area (TPSA) is 144 Å². The molecule has 0 atom stereocenters. The van der Waals surface area contributed by atoms with Gasteiger partial charge in [-0.1, -0.05) is 12.1 Å². The lowest BCUT2D eigenvalue weighted by Crippen LogP contribution is -2.49. The van der Waals surface area contributed by atoms with E-state index in [0.29, 0.717) is 36.3 Å². The number of aromatic nitrogens is 2. The summed E-state index contributed by atoms with van der Waals surface area (Å²) in [5.74, 6) is -0.0363. The lowest BCUT2D eigenvalue weighted by atomic mass is 10.0. The van der Waals surface area contributed by atoms with Gasteiger partial charge in [0.1, 0.15) is 11.6 Å². The fourth-order valence-electron chi connectivity index (χ4n) is 6.94. The molecule has 2 aliphatic heterocycles. The molecule has 2 aromatic carbocycles. The molecular weight excluding hydrogens is 727 g/mol. The SMILES string of the molecule is CNC(=O)c1ccccc1Nc1cc(Nc2cc(C)c(N3CCC(N(C)Cc4ccc(N5CCC(=O)NC5=O)cn4)CC3)cc2OC(C)C)ncc1C(F)(F)F. The van der Waals surface area contributed by atoms with Crippen molar-refractivity contribution in [3.05, 3.63) is 89.4 Å². The first-order chi connectivity index (χ1) is 26.7. The molecule has 0 radical (unpaired) electrons. The summed E-state index contributed by atoms with van der Waals surface area (Å²) in [6.45, 7) is 8.35. The largest absolute Gasteiger partial charge is 0.489 e. The highest BCUT2D eigenvalue weighted by atomic mass is 19.4. The Morgan fingerprint density at radius 2 is 1.73 bits per heavy atom. The summed E-state index contributed by atoms with van der Waals surface area (Å²) in [4.78, 5) is 51.0. The van der Waals surface area contributed by atoms with Crippen molar-refractivity contribution < 1.29 is 32.3 Å². The van der Waals surface area contributed by atoms with Crippen LogP contribution in [0, 0.1) is 6.92 Å². The molecule has 0 bridgehead atoms. The summed E-state index contributed by atoms with van der Waals surface area (Å²) < 4.78 is 48.7. The minimum atomic E-state index is -4.71. The minimum absolute atomic E-state index is 0.153. The summed E-state index contributed by atoms with van der Waals surface area (Å²) in [7, 11) is 3.53. The maximum absolute atomic E-state index is 14.1. The van der Waals surface area contributed by atoms with E-state index in [9.17, 15) is 27.6 Å². The Balaban J connectivity index is 1.15. The molecule has 2 saturated heterocycles. The molecule has 56 heavy (non-hydrogen) atoms. The van der Waals surface area contributed by atoms with E-state index < -0.39 is 23.7 Å². The Kier molecular flexibility index (Phi) is 12.0. The van der Waals surface area contributed by atoms with Gasteiger partial charge in [0.15, 0.2) is 0 Å². The van der Waals surface area contributed by atoms with Crippen molar-refractivity contribution in [3.63, 3.8) is 0 Å². The first-order valence-corrected chi connectivity index (χ1v) is 18.4. The number of alkyl halides is 3. The number of anilines is 6. The van der Waals surface area contributed by atoms with Gasteiger partial charge in [0, 0.05) is 69.7 Å². The van der Waals surface area contributed by atoms with E-state index in [1.54, 1.807) is 18.3 Å². The summed E-state index contributed by atoms with van der Waals surface area (Å²) in [6.07, 6.45) is -0.396. The van der Waals surface area contributed by atoms with Gasteiger partial charge in [-0.25, -0.2) is 9.78 Å². The zero-order valence-corrected chi connectivity index (χ0v) is 32.0. The van der Waals surface area contributed by atoms with Gasteiger partial charge in [0.05, 0.1) is 51.9 Å². The number of benzene rings is 2. The van der Waals surface area contributed by atoms with E-state index in [1.165, 1.54) is 30.1 Å². The molecule has 2 aromatic heterocycles. The highest BCUT2D eigenvalue weighted by Crippen LogP contribution is 2.40. The summed E-state index contributed by atoms with van der Waals surface area (Å²) in [6, 6.07) is 15.1. The molecule has 4 N–H and O–H groups in total. The standard InChI is InChI=1S/C40H46F3N9O4/c1-24(2)56-35-20-34(51-15-12-27(13-16-51)50(5)23-26-10-11-28(21-45-26)52-17-14-37(53)49-39(52)55)25(3)18-33(35)48-36-19-32(30(22-46-36)40(41,42)43)47-31-9-7-6-8-29(31)38(54)44-4/h6-11,18-22,24,27H,12-17,23H2,1-5H3,(H,44,54)(H2,46,47,48)(H,49,53,55). The number of rotatable bonds is 12. The van der Waals surface area contributed by atoms with Crippen LogP contribution in [0.5, 0.6) is 5.75 Å². The van der Waals surface area contributed by atoms with Gasteiger partial charge in [-0.05, 0) is 76.6 Å². The van der Waals surface area contributed by atoms with Crippen LogP contribution in [0.4, 0.5) is 52.2 Å². The molecule has 0 unspecified atom stereocenters. The Labute approximate surface area is 323 Å². The van der Waals surface area contributed by atoms with Crippen LogP contribution in [0.25, 0.3) is 0 Å². The number of imide groups is 1. The Morgan fingerprint density at radius 3 is 2.39 bits per heavy atom. The van der Waals surface area contributed by atoms with Gasteiger partial charge in [0.2, 0.25) is 5.91 Å². The number of carbonyl (C=O) groups is 3. The third-order valence-corrected chi connectivity index (χ3v) is 9.82. The van der Waals surface area contributed by atoms with Gasteiger partial charge in [-0.3, -0.25) is 29.7 Å². The first kappa shape index (κ1) is 39.8. The van der Waals surface area contributed by atoms with Crippen LogP contribution >= 0.6 is 0 Å². The zero-order valence-electron chi connectivity index (χ0n) is 32.0. The van der Waals surface area contributed by atoms with Crippen LogP contribution in [0.1, 0.15) is 60.3 Å². The van der Waals surface area contributed by atoms with Crippen LogP contribution < -0.4 is 35.8 Å². The Morgan fingerprint density at radius 1 is 0.982 bits per heavy atom. The summed E-state index contributed by atoms with van der Waals surface area (Å²) in [5, 5.41) is 10.8. The number of pyridine rings is 2. The molecule has 0 spiro atoms. The smallest absolute Gasteiger partial charge is 0.419 e. The number of nitrogens with zero attached hydrogens (tertiary/aromatic N) is 5. The van der Waals surface area contributed by atoms with E-state index >= 15 is 0 Å². The predicted octanol–water partition coefficient (Wildman–Crippen LogP) is 6.98. The van der Waals surface area contributed by atoms with E-state index in [4.69, 9.17) is 4.74 Å². The summed E-state index contributed by atoms with van der Waals surface area (Å²) >= 11 is 0. The number of hydrogen-bond donors (Lipinski definition) is 4. The van der Waals surface area contributed by atoms with E-state index in [-0.39, 0.29) is 41.2 Å². The third kappa shape index (κ3) is 9.30. The number of halogens is 3. The number of carbonyl (C=O) groups excluding carboxylic acids is 3. The van der Waals surface area contributed by atoms with Gasteiger partial charge < -0.3 is 25.6 Å². The number of nitrogens with one attached hydrogen (secondary N) is 4. The highest BCUT2D eigenvalue weighted by molar-refractivity contribution is 6.05. The quantitative estimate of drug-likeness (QED) is 0.119. The Hall–Kier alpha value is -5.90. The number of aryl methyl sites for hydroxylation is 1. The lowest BCUT2D eigenvalue weighted by molar-refractivity contribution is -0.137. The van der Waals surface area contributed by atoms with Crippen LogP contribution in [0.15, 0.2) is 67.0 Å². The highest BCUT2D eigenvalue weighted by Gasteiger charge is 2.35. The van der Waals surface area contributed by atoms with Crippen molar-refractivity contribution in [1.82, 2.24) is 25.5 Å². The molecule has 13 nitrogen and oxygen atoms in total. The van der Waals surface area contributed by atoms with Gasteiger partial charge in [-0.15, -0.1) is 0 Å². The summed E-state index contributed by atoms with van der Waals surface area (Å²) in [5.41, 5.74) is 3.18. The second-order valence-corrected chi connectivity index (χ2v) is 14.2. The molecule has 16 heteroatoms. The maximum Gasteiger partial charge on any atom is 0.419 e. The second-order valence-electron chi connectivity index (χ2n) is 14.2. The molecule has 4 heterocycles. The first-order valence-electron chi connectivity index (χ1n) is 18.4. The molecule has 4 amide bonds. The van der Waals surface area contributed by atoms with Gasteiger partial charge in [-0.2, -0.15) is 13.2 Å². The van der Waals surface area contributed by atoms with Crippen molar-refractivity contribution in [1.29, 1.82) is 0 Å². The van der Waals surface area contributed by atoms with Gasteiger partial charge in [0.25, 0.3) is 5.91 Å². The average molecular weight is 774 g/mol. The number of hydrogen-bond acceptors (Lipinski definition) is 10. The minimum Gasteiger partial charge on any atom is -0.489 e. The van der Waals surface area contributed by atoms with Crippen molar-refractivity contribution in [2.24, 2.45) is 0 Å². The van der Waals surface area contributed by atoms with Crippen LogP contribution in [0.3, 0.4) is 0 Å². The average Bonchev–Trinajstić information content (AvgIpc) is 3.16. The normalized spacial score (nSPS) is 15.2. The number of para-hydroxylation sites is 1. The maximum atomic E-state index is 14.1. The number of ether oxygens (including phenoxy) is 1. The molecular formula is C40H46F3N9O4. The van der Waals surface area contributed by atoms with Crippen molar-refractivity contribution >= 4 is 52.1 Å². The Bertz CT molecular complexity index is 2070. The van der Waals surface area contributed by atoms with E-state index in [1.807, 2.05) is 45.0 Å². The monoisotopic (exact) mass is 773 g/mol. The number of piperidine rings is 1. The van der Waals surface area contributed by atoms with Crippen LogP contribution in [-0.2, 0) is 17.5 Å². The molecule has 2 aliphatic rings. The van der Waals surface area contributed by atoms with Crippen molar-refractivity contribution in [3.8, 4) is 5.75 Å². The molecule has 6 rings (SSSR count). The predicted molar refractivity (Wildman–Crippen MR) is 209 cm³/mol. The van der Waals surface area contributed by atoms with Crippen LogP contribution in [0.2, 0.25) is 0 Å². The van der Waals surface area contributed by atoms with E-state index in [2.05, 4.69) is 48.1 Å². The van der Waals surface area contributed by atoms with Gasteiger partial charge >= 0.3 is 12.2 Å². The molecule has 296 valence electrons. The van der Waals surface area contributed by atoms with Crippen LogP contribution in [-0.4, -0.2) is 78.6 Å². The lowest BCUT2D eigenvalue weighted by Gasteiger charge is -2.38. The molecule has 0 saturated carbocycles. The van der Waals surface area contributed by atoms with E-state index in [0.717, 1.165) is 49.1 Å². The van der Waals surface area contributed by atoms with Crippen molar-refractivity contribution in [2.75, 3.05) is 54.2 Å². The molecule has 4 aromatic rings. The zero-order chi connectivity index (χ0) is 40.1. The molecule has 0 aliphatic carbocycles. The van der Waals surface area contributed by atoms with Crippen molar-refractivity contribution in [2.45, 2.75) is 64.9 Å². The third-order valence-electron chi connectivity index (χ3n) is 9.82. The second kappa shape index (κ2) is 16.9. The fraction of sp³-hybridized carbons (Fsp3) is 0.375.